The number of hydrogen-bond donors (Lipinski definition) is 0. The molecule has 1 saturated carbocycles. The third-order valence-corrected chi connectivity index (χ3v) is 5.51. The van der Waals surface area contributed by atoms with Crippen LogP contribution in [0.5, 0.6) is 0 Å². The summed E-state index contributed by atoms with van der Waals surface area (Å²) in [6.07, 6.45) is 5.17. The van der Waals surface area contributed by atoms with Crippen molar-refractivity contribution in [2.24, 2.45) is 0 Å². The molecule has 2 aromatic heterocycles. The van der Waals surface area contributed by atoms with E-state index >= 15 is 0 Å². The van der Waals surface area contributed by atoms with E-state index in [1.54, 1.807) is 4.68 Å². The van der Waals surface area contributed by atoms with E-state index in [9.17, 15) is 0 Å². The van der Waals surface area contributed by atoms with Crippen LogP contribution in [0.1, 0.15) is 30.9 Å². The van der Waals surface area contributed by atoms with Gasteiger partial charge in [0, 0.05) is 32.1 Å². The summed E-state index contributed by atoms with van der Waals surface area (Å²) >= 11 is 0. The fourth-order valence-electron chi connectivity index (χ4n) is 3.91. The van der Waals surface area contributed by atoms with Crippen LogP contribution in [0, 0.1) is 6.92 Å². The molecule has 0 spiro atoms. The molecule has 2 aliphatic rings. The Morgan fingerprint density at radius 3 is 2.79 bits per heavy atom. The number of aromatic nitrogens is 6. The van der Waals surface area contributed by atoms with Crippen LogP contribution in [0.15, 0.2) is 18.2 Å². The number of benzene rings is 1. The lowest BCUT2D eigenvalue weighted by Crippen LogP contribution is -2.41. The summed E-state index contributed by atoms with van der Waals surface area (Å²) in [6.45, 7) is 5.21. The minimum atomic E-state index is 0.784. The fourth-order valence-corrected chi connectivity index (χ4v) is 3.91. The first-order chi connectivity index (χ1) is 11.8. The molecule has 24 heavy (non-hydrogen) atoms. The van der Waals surface area contributed by atoms with Crippen molar-refractivity contribution < 1.29 is 0 Å². The van der Waals surface area contributed by atoms with Gasteiger partial charge in [0.25, 0.3) is 0 Å². The van der Waals surface area contributed by atoms with Crippen molar-refractivity contribution in [1.82, 2.24) is 34.7 Å². The van der Waals surface area contributed by atoms with Crippen LogP contribution in [0.3, 0.4) is 0 Å². The Bertz CT molecular complexity index is 890. The lowest BCUT2D eigenvalue weighted by atomic mass is 9.91. The molecule has 0 unspecified atom stereocenters. The molecule has 1 fully saturated rings. The molecule has 5 rings (SSSR count). The topological polar surface area (TPSA) is 64.7 Å². The molecule has 124 valence electrons. The maximum absolute atomic E-state index is 4.91. The van der Waals surface area contributed by atoms with Crippen molar-refractivity contribution in [1.29, 1.82) is 0 Å². The second-order valence-corrected chi connectivity index (χ2v) is 6.86. The molecule has 3 aromatic rings. The Morgan fingerprint density at radius 1 is 1.12 bits per heavy atom. The quantitative estimate of drug-likeness (QED) is 0.718. The number of tetrazole rings is 1. The number of aryl methyl sites for hydroxylation is 1. The fraction of sp³-hybridized carbons (Fsp3) is 0.529. The van der Waals surface area contributed by atoms with E-state index in [2.05, 4.69) is 43.2 Å². The van der Waals surface area contributed by atoms with Gasteiger partial charge in [-0.25, -0.2) is 4.98 Å². The summed E-state index contributed by atoms with van der Waals surface area (Å²) in [5, 5.41) is 11.7. The molecule has 1 aromatic carbocycles. The van der Waals surface area contributed by atoms with Crippen LogP contribution in [0.2, 0.25) is 0 Å². The first-order valence-corrected chi connectivity index (χ1v) is 8.78. The SMILES string of the molecule is Cc1nnnn1-c1ccc2c(c1)nc1n2CCN(C2CCC2)CC1. The smallest absolute Gasteiger partial charge is 0.153 e. The Kier molecular flexibility index (Phi) is 3.16. The minimum absolute atomic E-state index is 0.784. The maximum Gasteiger partial charge on any atom is 0.153 e. The van der Waals surface area contributed by atoms with Crippen LogP contribution in [-0.2, 0) is 13.0 Å². The zero-order valence-corrected chi connectivity index (χ0v) is 13.9. The monoisotopic (exact) mass is 323 g/mol. The third-order valence-electron chi connectivity index (χ3n) is 5.51. The number of fused-ring (bicyclic) bond motifs is 3. The molecule has 1 aliphatic heterocycles. The van der Waals surface area contributed by atoms with Gasteiger partial charge < -0.3 is 4.57 Å². The largest absolute Gasteiger partial charge is 0.327 e. The number of hydrogen-bond acceptors (Lipinski definition) is 5. The van der Waals surface area contributed by atoms with Crippen molar-refractivity contribution >= 4 is 11.0 Å². The zero-order chi connectivity index (χ0) is 16.1. The van der Waals surface area contributed by atoms with Gasteiger partial charge in [0.05, 0.1) is 16.7 Å². The van der Waals surface area contributed by atoms with Crippen LogP contribution in [-0.4, -0.2) is 53.8 Å². The highest BCUT2D eigenvalue weighted by molar-refractivity contribution is 5.78. The van der Waals surface area contributed by atoms with E-state index in [4.69, 9.17) is 4.98 Å². The second kappa shape index (κ2) is 5.37. The summed E-state index contributed by atoms with van der Waals surface area (Å²) < 4.78 is 4.15. The van der Waals surface area contributed by atoms with E-state index in [-0.39, 0.29) is 0 Å². The van der Waals surface area contributed by atoms with Crippen molar-refractivity contribution in [3.63, 3.8) is 0 Å². The van der Waals surface area contributed by atoms with Crippen LogP contribution < -0.4 is 0 Å². The first kappa shape index (κ1) is 14.1. The van der Waals surface area contributed by atoms with Gasteiger partial charge >= 0.3 is 0 Å². The van der Waals surface area contributed by atoms with E-state index in [0.717, 1.165) is 49.1 Å². The van der Waals surface area contributed by atoms with Crippen LogP contribution in [0.25, 0.3) is 16.7 Å². The highest BCUT2D eigenvalue weighted by Gasteiger charge is 2.27. The Balaban J connectivity index is 1.49. The molecule has 0 atom stereocenters. The number of rotatable bonds is 2. The zero-order valence-electron chi connectivity index (χ0n) is 13.9. The Labute approximate surface area is 140 Å². The predicted octanol–water partition coefficient (Wildman–Crippen LogP) is 1.73. The standard InChI is InChI=1S/C17H21N7/c1-12-19-20-21-24(12)14-5-6-16-15(11-14)18-17-7-8-22(9-10-23(16)17)13-3-2-4-13/h5-6,11,13H,2-4,7-10H2,1H3. The molecular formula is C17H21N7. The highest BCUT2D eigenvalue weighted by atomic mass is 15.5. The average Bonchev–Trinajstić information content (AvgIpc) is 3.05. The van der Waals surface area contributed by atoms with Crippen LogP contribution >= 0.6 is 0 Å². The lowest BCUT2D eigenvalue weighted by molar-refractivity contribution is 0.130. The summed E-state index contributed by atoms with van der Waals surface area (Å²) in [5.41, 5.74) is 3.22. The number of imidazole rings is 1. The van der Waals surface area contributed by atoms with Crippen molar-refractivity contribution in [3.8, 4) is 5.69 Å². The van der Waals surface area contributed by atoms with E-state index in [0.29, 0.717) is 0 Å². The van der Waals surface area contributed by atoms with Gasteiger partial charge in [0.1, 0.15) is 5.82 Å². The van der Waals surface area contributed by atoms with Gasteiger partial charge in [0.2, 0.25) is 0 Å². The normalized spacial score (nSPS) is 19.2. The molecule has 0 N–H and O–H groups in total. The van der Waals surface area contributed by atoms with Gasteiger partial charge in [-0.15, -0.1) is 5.10 Å². The molecule has 0 radical (unpaired) electrons. The van der Waals surface area contributed by atoms with E-state index in [1.807, 2.05) is 6.92 Å². The average molecular weight is 323 g/mol. The van der Waals surface area contributed by atoms with Crippen molar-refractivity contribution in [2.45, 2.75) is 45.2 Å². The molecule has 1 aliphatic carbocycles. The molecular weight excluding hydrogens is 302 g/mol. The Morgan fingerprint density at radius 2 is 2.04 bits per heavy atom. The van der Waals surface area contributed by atoms with Gasteiger partial charge in [0.15, 0.2) is 5.82 Å². The van der Waals surface area contributed by atoms with Crippen molar-refractivity contribution in [3.05, 3.63) is 29.8 Å². The minimum Gasteiger partial charge on any atom is -0.327 e. The molecule has 0 bridgehead atoms. The lowest BCUT2D eigenvalue weighted by Gasteiger charge is -2.36. The molecule has 7 nitrogen and oxygen atoms in total. The van der Waals surface area contributed by atoms with E-state index < -0.39 is 0 Å². The predicted molar refractivity (Wildman–Crippen MR) is 90.1 cm³/mol. The highest BCUT2D eigenvalue weighted by Crippen LogP contribution is 2.27. The molecule has 3 heterocycles. The van der Waals surface area contributed by atoms with Gasteiger partial charge in [-0.3, -0.25) is 4.90 Å². The third kappa shape index (κ3) is 2.15. The second-order valence-electron chi connectivity index (χ2n) is 6.86. The van der Waals surface area contributed by atoms with Gasteiger partial charge in [-0.05, 0) is 48.4 Å². The van der Waals surface area contributed by atoms with Gasteiger partial charge in [-0.2, -0.15) is 4.68 Å². The molecule has 7 heteroatoms. The van der Waals surface area contributed by atoms with E-state index in [1.165, 1.54) is 30.6 Å². The Hall–Kier alpha value is -2.28. The summed E-state index contributed by atoms with van der Waals surface area (Å²) in [7, 11) is 0. The van der Waals surface area contributed by atoms with Gasteiger partial charge in [-0.1, -0.05) is 6.42 Å². The molecule has 0 amide bonds. The number of nitrogens with zero attached hydrogens (tertiary/aromatic N) is 7. The van der Waals surface area contributed by atoms with Crippen LogP contribution in [0.4, 0.5) is 0 Å². The summed E-state index contributed by atoms with van der Waals surface area (Å²) in [4.78, 5) is 7.56. The summed E-state index contributed by atoms with van der Waals surface area (Å²) in [5.74, 6) is 1.99. The maximum atomic E-state index is 4.91. The molecule has 0 saturated heterocycles. The first-order valence-electron chi connectivity index (χ1n) is 8.78. The van der Waals surface area contributed by atoms with Crippen molar-refractivity contribution in [2.75, 3.05) is 13.1 Å². The summed E-state index contributed by atoms with van der Waals surface area (Å²) in [6, 6.07) is 7.14.